The fraction of sp³-hybridized carbons (Fsp3) is 0.318. The molecule has 2 aromatic carbocycles. The Hall–Kier alpha value is -3.15. The molecule has 0 radical (unpaired) electrons. The third kappa shape index (κ3) is 6.69. The molecular formula is C22H26ClN5O5S. The van der Waals surface area contributed by atoms with Gasteiger partial charge in [-0.15, -0.1) is 0 Å². The third-order valence-corrected chi connectivity index (χ3v) is 6.71. The van der Waals surface area contributed by atoms with E-state index in [0.29, 0.717) is 17.9 Å². The van der Waals surface area contributed by atoms with E-state index in [1.807, 2.05) is 0 Å². The summed E-state index contributed by atoms with van der Waals surface area (Å²) < 4.78 is 22.8. The first-order valence-corrected chi connectivity index (χ1v) is 12.5. The molecule has 1 fully saturated rings. The van der Waals surface area contributed by atoms with Gasteiger partial charge in [0.05, 0.1) is 17.0 Å². The number of hydrogen-bond acceptors (Lipinski definition) is 6. The molecule has 10 nitrogen and oxygen atoms in total. The van der Waals surface area contributed by atoms with Gasteiger partial charge in [-0.25, -0.2) is 13.6 Å². The summed E-state index contributed by atoms with van der Waals surface area (Å²) in [5.74, 6) is -1.32. The summed E-state index contributed by atoms with van der Waals surface area (Å²) in [7, 11) is -3.85. The zero-order valence-electron chi connectivity index (χ0n) is 18.2. The molecule has 0 saturated heterocycles. The molecule has 1 aliphatic rings. The fourth-order valence-corrected chi connectivity index (χ4v) is 4.45. The highest BCUT2D eigenvalue weighted by molar-refractivity contribution is 7.89. The van der Waals surface area contributed by atoms with E-state index in [2.05, 4.69) is 16.0 Å². The Balaban J connectivity index is 1.57. The van der Waals surface area contributed by atoms with E-state index in [1.165, 1.54) is 36.4 Å². The molecule has 2 atom stereocenters. The van der Waals surface area contributed by atoms with Crippen molar-refractivity contribution < 1.29 is 22.8 Å². The lowest BCUT2D eigenvalue weighted by Gasteiger charge is -2.33. The number of halogens is 1. The summed E-state index contributed by atoms with van der Waals surface area (Å²) in [5.41, 5.74) is 6.49. The smallest absolute Gasteiger partial charge is 0.253 e. The normalized spacial score (nSPS) is 18.1. The van der Waals surface area contributed by atoms with Crippen molar-refractivity contribution in [1.82, 2.24) is 16.0 Å². The van der Waals surface area contributed by atoms with Crippen molar-refractivity contribution in [3.63, 3.8) is 0 Å². The van der Waals surface area contributed by atoms with Crippen molar-refractivity contribution in [3.8, 4) is 0 Å². The van der Waals surface area contributed by atoms with Crippen LogP contribution in [0.15, 0.2) is 47.4 Å². The number of carbonyl (C=O) groups excluding carboxylic acids is 3. The molecule has 7 N–H and O–H groups in total. The monoisotopic (exact) mass is 507 g/mol. The lowest BCUT2D eigenvalue weighted by atomic mass is 9.90. The summed E-state index contributed by atoms with van der Waals surface area (Å²) in [6.07, 6.45) is 3.09. The molecule has 12 heteroatoms. The molecule has 0 aliphatic heterocycles. The van der Waals surface area contributed by atoms with Gasteiger partial charge in [0.2, 0.25) is 15.9 Å². The number of hydrogen-bond donors (Lipinski definition) is 5. The van der Waals surface area contributed by atoms with Crippen LogP contribution in [0.5, 0.6) is 0 Å². The van der Waals surface area contributed by atoms with E-state index < -0.39 is 27.7 Å². The number of rotatable bonds is 7. The van der Waals surface area contributed by atoms with Crippen LogP contribution in [-0.2, 0) is 14.8 Å². The number of carbonyl (C=O) groups is 3. The van der Waals surface area contributed by atoms with Crippen LogP contribution in [-0.4, -0.2) is 44.8 Å². The molecule has 1 aliphatic carbocycles. The molecule has 1 saturated carbocycles. The van der Waals surface area contributed by atoms with E-state index in [-0.39, 0.29) is 40.3 Å². The Bertz CT molecular complexity index is 1190. The topological polar surface area (TPSA) is 173 Å². The lowest BCUT2D eigenvalue weighted by Crippen LogP contribution is -2.54. The van der Waals surface area contributed by atoms with E-state index in [4.69, 9.17) is 22.5 Å². The van der Waals surface area contributed by atoms with Crippen LogP contribution in [0.25, 0.3) is 0 Å². The van der Waals surface area contributed by atoms with Crippen LogP contribution < -0.4 is 26.8 Å². The van der Waals surface area contributed by atoms with Gasteiger partial charge in [0.25, 0.3) is 11.8 Å². The average Bonchev–Trinajstić information content (AvgIpc) is 2.80. The van der Waals surface area contributed by atoms with Gasteiger partial charge in [-0.05, 0) is 55.3 Å². The summed E-state index contributed by atoms with van der Waals surface area (Å²) >= 11 is 5.90. The highest BCUT2D eigenvalue weighted by Gasteiger charge is 2.28. The van der Waals surface area contributed by atoms with Crippen molar-refractivity contribution in [2.45, 2.75) is 42.7 Å². The Morgan fingerprint density at radius 2 is 1.56 bits per heavy atom. The molecule has 34 heavy (non-hydrogen) atoms. The van der Waals surface area contributed by atoms with E-state index in [1.54, 1.807) is 6.07 Å². The second-order valence-electron chi connectivity index (χ2n) is 8.02. The van der Waals surface area contributed by atoms with Crippen molar-refractivity contribution in [2.75, 3.05) is 12.3 Å². The second-order valence-corrected chi connectivity index (χ2v) is 10.0. The largest absolute Gasteiger partial charge is 0.398 e. The van der Waals surface area contributed by atoms with Crippen molar-refractivity contribution in [1.29, 1.82) is 0 Å². The van der Waals surface area contributed by atoms with Crippen molar-refractivity contribution in [2.24, 2.45) is 5.14 Å². The molecule has 2 aromatic rings. The first-order chi connectivity index (χ1) is 16.0. The van der Waals surface area contributed by atoms with E-state index >= 15 is 0 Å². The maximum absolute atomic E-state index is 12.7. The molecule has 3 amide bonds. The average molecular weight is 508 g/mol. The van der Waals surface area contributed by atoms with Crippen LogP contribution in [0.1, 0.15) is 46.4 Å². The van der Waals surface area contributed by atoms with E-state index in [0.717, 1.165) is 12.8 Å². The Labute approximate surface area is 202 Å². The maximum Gasteiger partial charge on any atom is 0.253 e. The zero-order chi connectivity index (χ0) is 24.9. The number of amides is 3. The van der Waals surface area contributed by atoms with Gasteiger partial charge in [-0.3, -0.25) is 14.4 Å². The van der Waals surface area contributed by atoms with Gasteiger partial charge in [-0.1, -0.05) is 24.4 Å². The van der Waals surface area contributed by atoms with Gasteiger partial charge < -0.3 is 21.7 Å². The van der Waals surface area contributed by atoms with Crippen LogP contribution in [0.2, 0.25) is 5.02 Å². The third-order valence-electron chi connectivity index (χ3n) is 5.54. The van der Waals surface area contributed by atoms with Gasteiger partial charge in [0.15, 0.2) is 0 Å². The predicted octanol–water partition coefficient (Wildman–Crippen LogP) is 1.16. The fourth-order valence-electron chi connectivity index (χ4n) is 3.76. The number of sulfonamides is 1. The minimum atomic E-state index is -3.85. The molecule has 182 valence electrons. The molecular weight excluding hydrogens is 482 g/mol. The predicted molar refractivity (Wildman–Crippen MR) is 128 cm³/mol. The van der Waals surface area contributed by atoms with Crippen LogP contribution >= 0.6 is 11.6 Å². The molecule has 0 unspecified atom stereocenters. The van der Waals surface area contributed by atoms with Gasteiger partial charge >= 0.3 is 0 Å². The number of nitrogens with two attached hydrogens (primary N) is 2. The molecule has 3 rings (SSSR count). The molecule has 0 aromatic heterocycles. The van der Waals surface area contributed by atoms with Gasteiger partial charge in [0.1, 0.15) is 0 Å². The Morgan fingerprint density at radius 1 is 0.941 bits per heavy atom. The minimum Gasteiger partial charge on any atom is -0.398 e. The van der Waals surface area contributed by atoms with Crippen molar-refractivity contribution >= 4 is 45.0 Å². The quantitative estimate of drug-likeness (QED) is 0.351. The summed E-state index contributed by atoms with van der Waals surface area (Å²) in [4.78, 5) is 37.4. The second kappa shape index (κ2) is 10.9. The highest BCUT2D eigenvalue weighted by atomic mass is 35.5. The Kier molecular flexibility index (Phi) is 8.13. The van der Waals surface area contributed by atoms with Crippen LogP contribution in [0.4, 0.5) is 5.69 Å². The summed E-state index contributed by atoms with van der Waals surface area (Å²) in [6.45, 7) is -0.267. The molecule has 0 bridgehead atoms. The summed E-state index contributed by atoms with van der Waals surface area (Å²) in [5, 5.41) is 13.7. The SMILES string of the molecule is Nc1ccc(Cl)cc1C(=O)NCC(=O)N[C@H]1CCCC[C@H]1NC(=O)c1ccc(S(N)(=O)=O)cc1. The number of nitrogen functional groups attached to an aromatic ring is 1. The first kappa shape index (κ1) is 25.5. The molecule has 0 spiro atoms. The number of anilines is 1. The van der Waals surface area contributed by atoms with E-state index in [9.17, 15) is 22.8 Å². The lowest BCUT2D eigenvalue weighted by molar-refractivity contribution is -0.121. The summed E-state index contributed by atoms with van der Waals surface area (Å²) in [6, 6.07) is 9.14. The number of nitrogens with one attached hydrogen (secondary N) is 3. The molecule has 0 heterocycles. The maximum atomic E-state index is 12.7. The van der Waals surface area contributed by atoms with Gasteiger partial charge in [-0.2, -0.15) is 0 Å². The van der Waals surface area contributed by atoms with Gasteiger partial charge in [0, 0.05) is 28.4 Å². The number of benzene rings is 2. The highest BCUT2D eigenvalue weighted by Crippen LogP contribution is 2.20. The van der Waals surface area contributed by atoms with Crippen LogP contribution in [0.3, 0.4) is 0 Å². The van der Waals surface area contributed by atoms with Crippen LogP contribution in [0, 0.1) is 0 Å². The zero-order valence-corrected chi connectivity index (χ0v) is 19.8. The Morgan fingerprint density at radius 3 is 2.18 bits per heavy atom. The first-order valence-electron chi connectivity index (χ1n) is 10.6. The van der Waals surface area contributed by atoms with Crippen molar-refractivity contribution in [3.05, 3.63) is 58.6 Å². The minimum absolute atomic E-state index is 0.0894. The standard InChI is InChI=1S/C22H26ClN5O5S/c23-14-7-10-17(24)16(11-14)22(31)26-12-20(29)27-18-3-1-2-4-19(18)28-21(30)13-5-8-15(9-6-13)34(25,32)33/h5-11,18-19H,1-4,12,24H2,(H,26,31)(H,27,29)(H,28,30)(H2,25,32,33)/t18-,19+/m0/s1. The number of primary sulfonamides is 1.